The fraction of sp³-hybridized carbons (Fsp3) is 0.200. The van der Waals surface area contributed by atoms with Gasteiger partial charge < -0.3 is 14.6 Å². The van der Waals surface area contributed by atoms with E-state index in [1.807, 2.05) is 12.1 Å². The summed E-state index contributed by atoms with van der Waals surface area (Å²) in [6.45, 7) is 0. The van der Waals surface area contributed by atoms with Crippen LogP contribution in [0.3, 0.4) is 0 Å². The van der Waals surface area contributed by atoms with E-state index in [0.29, 0.717) is 12.0 Å². The molecular formula is C15H14O5. The summed E-state index contributed by atoms with van der Waals surface area (Å²) in [6.07, 6.45) is 1.96. The Hall–Kier alpha value is -2.56. The number of methoxy groups -OCH3 is 2. The third-order valence-corrected chi connectivity index (χ3v) is 3.10. The van der Waals surface area contributed by atoms with Gasteiger partial charge in [-0.3, -0.25) is 0 Å². The molecule has 20 heavy (non-hydrogen) atoms. The monoisotopic (exact) mass is 274 g/mol. The van der Waals surface area contributed by atoms with E-state index in [1.165, 1.54) is 14.2 Å². The lowest BCUT2D eigenvalue weighted by Gasteiger charge is -2.10. The maximum absolute atomic E-state index is 11.9. The minimum absolute atomic E-state index is 0.00745. The molecule has 2 rings (SSSR count). The first-order valence-electron chi connectivity index (χ1n) is 5.98. The summed E-state index contributed by atoms with van der Waals surface area (Å²) in [5.41, 5.74) is 1.14. The first kappa shape index (κ1) is 13.9. The molecule has 5 heteroatoms. The molecule has 0 unspecified atom stereocenters. The number of allylic oxidation sites excluding steroid dienone is 1. The van der Waals surface area contributed by atoms with Crippen molar-refractivity contribution in [2.75, 3.05) is 14.2 Å². The highest BCUT2D eigenvalue weighted by atomic mass is 16.5. The quantitative estimate of drug-likeness (QED) is 0.832. The second-order valence-electron chi connectivity index (χ2n) is 4.19. The first-order valence-corrected chi connectivity index (χ1v) is 5.98. The van der Waals surface area contributed by atoms with Crippen LogP contribution >= 0.6 is 0 Å². The number of aliphatic hydroxyl groups is 1. The molecule has 0 bridgehead atoms. The zero-order valence-corrected chi connectivity index (χ0v) is 11.2. The van der Waals surface area contributed by atoms with Gasteiger partial charge >= 0.3 is 11.9 Å². The van der Waals surface area contributed by atoms with Crippen LogP contribution in [0.4, 0.5) is 0 Å². The summed E-state index contributed by atoms with van der Waals surface area (Å²) < 4.78 is 9.31. The van der Waals surface area contributed by atoms with Crippen LogP contribution in [-0.2, 0) is 25.5 Å². The molecular weight excluding hydrogens is 260 g/mol. The molecule has 1 aromatic carbocycles. The summed E-state index contributed by atoms with van der Waals surface area (Å²) in [6, 6.07) is 7.06. The Morgan fingerprint density at radius 2 is 1.75 bits per heavy atom. The van der Waals surface area contributed by atoms with Crippen molar-refractivity contribution in [3.8, 4) is 0 Å². The van der Waals surface area contributed by atoms with E-state index in [1.54, 1.807) is 18.2 Å². The Labute approximate surface area is 116 Å². The molecule has 0 saturated carbocycles. The predicted molar refractivity (Wildman–Crippen MR) is 71.8 cm³/mol. The highest BCUT2D eigenvalue weighted by Crippen LogP contribution is 2.30. The van der Waals surface area contributed by atoms with Gasteiger partial charge in [0.2, 0.25) is 0 Å². The van der Waals surface area contributed by atoms with Gasteiger partial charge in [0.25, 0.3) is 0 Å². The minimum atomic E-state index is -0.782. The van der Waals surface area contributed by atoms with E-state index in [-0.39, 0.29) is 16.9 Å². The average molecular weight is 274 g/mol. The second-order valence-corrected chi connectivity index (χ2v) is 4.19. The molecule has 0 aromatic heterocycles. The summed E-state index contributed by atoms with van der Waals surface area (Å²) in [7, 11) is 2.40. The molecule has 5 nitrogen and oxygen atoms in total. The largest absolute Gasteiger partial charge is 0.506 e. The van der Waals surface area contributed by atoms with Crippen LogP contribution in [-0.4, -0.2) is 31.3 Å². The van der Waals surface area contributed by atoms with E-state index >= 15 is 0 Å². The maximum atomic E-state index is 11.9. The normalized spacial score (nSPS) is 14.0. The van der Waals surface area contributed by atoms with Gasteiger partial charge in [-0.25, -0.2) is 9.59 Å². The van der Waals surface area contributed by atoms with Crippen LogP contribution < -0.4 is 0 Å². The molecule has 0 atom stereocenters. The third-order valence-electron chi connectivity index (χ3n) is 3.10. The number of hydrogen-bond acceptors (Lipinski definition) is 5. The van der Waals surface area contributed by atoms with Gasteiger partial charge in [-0.2, -0.15) is 0 Å². The van der Waals surface area contributed by atoms with Gasteiger partial charge in [-0.15, -0.1) is 0 Å². The number of esters is 2. The van der Waals surface area contributed by atoms with Gasteiger partial charge in [-0.1, -0.05) is 30.3 Å². The molecule has 0 radical (unpaired) electrons. The minimum Gasteiger partial charge on any atom is -0.506 e. The number of carbonyl (C=O) groups is 2. The van der Waals surface area contributed by atoms with Gasteiger partial charge in [0.1, 0.15) is 11.3 Å². The first-order chi connectivity index (χ1) is 9.60. The number of hydrogen-bond donors (Lipinski definition) is 1. The number of aliphatic hydroxyl groups excluding tert-OH is 1. The Morgan fingerprint density at radius 3 is 2.40 bits per heavy atom. The summed E-state index contributed by atoms with van der Waals surface area (Å²) in [4.78, 5) is 23.7. The van der Waals surface area contributed by atoms with Crippen molar-refractivity contribution >= 4 is 17.7 Å². The topological polar surface area (TPSA) is 72.8 Å². The van der Waals surface area contributed by atoms with Gasteiger partial charge in [0.05, 0.1) is 19.8 Å². The summed E-state index contributed by atoms with van der Waals surface area (Å²) >= 11 is 0. The molecule has 1 N–H and O–H groups in total. The Morgan fingerprint density at radius 1 is 1.10 bits per heavy atom. The zero-order valence-electron chi connectivity index (χ0n) is 11.2. The van der Waals surface area contributed by atoms with Crippen LogP contribution in [0.2, 0.25) is 0 Å². The fourth-order valence-corrected chi connectivity index (χ4v) is 2.11. The molecule has 0 aliphatic heterocycles. The number of rotatable bonds is 2. The van der Waals surface area contributed by atoms with Crippen LogP contribution in [0.5, 0.6) is 0 Å². The SMILES string of the molecule is COC(=O)C1=CCc2ccccc2C(O)=C1C(=O)OC. The van der Waals surface area contributed by atoms with Crippen molar-refractivity contribution in [2.45, 2.75) is 6.42 Å². The molecule has 1 aliphatic carbocycles. The van der Waals surface area contributed by atoms with Crippen molar-refractivity contribution in [2.24, 2.45) is 0 Å². The van der Waals surface area contributed by atoms with E-state index in [2.05, 4.69) is 9.47 Å². The Balaban J connectivity index is 2.68. The Bertz CT molecular complexity index is 625. The standard InChI is InChI=1S/C15H14O5/c1-19-14(17)11-8-7-9-5-3-4-6-10(9)13(16)12(11)15(18)20-2/h3-6,8,16H,7H2,1-2H3. The fourth-order valence-electron chi connectivity index (χ4n) is 2.11. The van der Waals surface area contributed by atoms with E-state index in [4.69, 9.17) is 0 Å². The van der Waals surface area contributed by atoms with Crippen molar-refractivity contribution in [1.82, 2.24) is 0 Å². The van der Waals surface area contributed by atoms with Crippen LogP contribution in [0, 0.1) is 0 Å². The van der Waals surface area contributed by atoms with Crippen molar-refractivity contribution in [1.29, 1.82) is 0 Å². The van der Waals surface area contributed by atoms with Crippen LogP contribution in [0.1, 0.15) is 11.1 Å². The van der Waals surface area contributed by atoms with Crippen molar-refractivity contribution in [3.05, 3.63) is 52.6 Å². The molecule has 0 fully saturated rings. The van der Waals surface area contributed by atoms with E-state index < -0.39 is 11.9 Å². The highest BCUT2D eigenvalue weighted by Gasteiger charge is 2.29. The number of fused-ring (bicyclic) bond motifs is 1. The average Bonchev–Trinajstić information content (AvgIpc) is 2.63. The van der Waals surface area contributed by atoms with Gasteiger partial charge in [-0.05, 0) is 12.0 Å². The molecule has 104 valence electrons. The van der Waals surface area contributed by atoms with Gasteiger partial charge in [0.15, 0.2) is 0 Å². The van der Waals surface area contributed by atoms with Crippen molar-refractivity contribution in [3.63, 3.8) is 0 Å². The molecule has 1 aliphatic rings. The predicted octanol–water partition coefficient (Wildman–Crippen LogP) is 1.78. The molecule has 0 saturated heterocycles. The van der Waals surface area contributed by atoms with E-state index in [0.717, 1.165) is 5.56 Å². The number of benzene rings is 1. The lowest BCUT2D eigenvalue weighted by atomic mass is 10.0. The number of carbonyl (C=O) groups excluding carboxylic acids is 2. The lowest BCUT2D eigenvalue weighted by Crippen LogP contribution is -2.16. The Kier molecular flexibility index (Phi) is 3.89. The summed E-state index contributed by atoms with van der Waals surface area (Å²) in [5.74, 6) is -1.75. The van der Waals surface area contributed by atoms with Crippen molar-refractivity contribution < 1.29 is 24.2 Å². The van der Waals surface area contributed by atoms with Crippen LogP contribution in [0.15, 0.2) is 41.5 Å². The van der Waals surface area contributed by atoms with Crippen LogP contribution in [0.25, 0.3) is 5.76 Å². The smallest absolute Gasteiger partial charge is 0.342 e. The molecule has 0 heterocycles. The maximum Gasteiger partial charge on any atom is 0.342 e. The number of ether oxygens (including phenoxy) is 2. The zero-order chi connectivity index (χ0) is 14.7. The lowest BCUT2D eigenvalue weighted by molar-refractivity contribution is -0.139. The second kappa shape index (κ2) is 5.61. The van der Waals surface area contributed by atoms with Gasteiger partial charge in [0, 0.05) is 5.56 Å². The molecule has 0 amide bonds. The van der Waals surface area contributed by atoms with E-state index in [9.17, 15) is 14.7 Å². The molecule has 1 aromatic rings. The third kappa shape index (κ3) is 2.30. The summed E-state index contributed by atoms with van der Waals surface area (Å²) in [5, 5.41) is 10.3. The molecule has 0 spiro atoms. The highest BCUT2D eigenvalue weighted by molar-refractivity contribution is 6.11.